The summed E-state index contributed by atoms with van der Waals surface area (Å²) >= 11 is 0. The quantitative estimate of drug-likeness (QED) is 0.274. The summed E-state index contributed by atoms with van der Waals surface area (Å²) in [6.45, 7) is 2.78. The van der Waals surface area contributed by atoms with Gasteiger partial charge in [-0.25, -0.2) is 4.99 Å². The smallest absolute Gasteiger partial charge is 0.186 e. The summed E-state index contributed by atoms with van der Waals surface area (Å²) in [5.41, 5.74) is 14.3. The Morgan fingerprint density at radius 1 is 1.12 bits per heavy atom. The van der Waals surface area contributed by atoms with Crippen molar-refractivity contribution in [3.63, 3.8) is 0 Å². The van der Waals surface area contributed by atoms with Gasteiger partial charge in [0.25, 0.3) is 0 Å². The maximum Gasteiger partial charge on any atom is 0.186 e. The molecule has 5 nitrogen and oxygen atoms in total. The first-order chi connectivity index (χ1) is 15.9. The third-order valence-corrected chi connectivity index (χ3v) is 14.5. The van der Waals surface area contributed by atoms with E-state index in [-0.39, 0.29) is 35.4 Å². The van der Waals surface area contributed by atoms with Crippen LogP contribution in [0.3, 0.4) is 0 Å². The van der Waals surface area contributed by atoms with Crippen LogP contribution in [0.1, 0.15) is 51.9 Å². The van der Waals surface area contributed by atoms with Gasteiger partial charge in [0.05, 0.1) is 6.04 Å². The zero-order valence-corrected chi connectivity index (χ0v) is 22.7. The lowest BCUT2D eigenvalue weighted by atomic mass is 9.47. The topological polar surface area (TPSA) is 102 Å². The van der Waals surface area contributed by atoms with Gasteiger partial charge in [0.15, 0.2) is 11.7 Å². The number of carbonyl (C=O) groups excluding carboxylic acids is 1. The second kappa shape index (κ2) is 9.83. The van der Waals surface area contributed by atoms with E-state index in [0.717, 1.165) is 61.5 Å². The molecule has 1 spiro atoms. The number of carbonyl (C=O) groups is 1. The van der Waals surface area contributed by atoms with Crippen molar-refractivity contribution in [3.05, 3.63) is 11.1 Å². The van der Waals surface area contributed by atoms with E-state index in [2.05, 4.69) is 11.9 Å². The number of aliphatic hydroxyl groups excluding tert-OH is 1. The normalized spacial score (nSPS) is 43.7. The Kier molecular flexibility index (Phi) is 7.36. The van der Waals surface area contributed by atoms with Crippen molar-refractivity contribution in [1.29, 1.82) is 0 Å². The number of aliphatic imine (C=N–C) groups is 1. The molecule has 7 atom stereocenters. The summed E-state index contributed by atoms with van der Waals surface area (Å²) < 4.78 is 0. The van der Waals surface area contributed by atoms with Gasteiger partial charge in [-0.05, 0) is 73.2 Å². The minimum atomic E-state index is -0.0327. The highest BCUT2D eigenvalue weighted by Gasteiger charge is 2.70. The maximum atomic E-state index is 13.9. The predicted octanol–water partition coefficient (Wildman–Crippen LogP) is 4.51. The molecule has 0 saturated heterocycles. The number of hydrogen-bond acceptors (Lipinski definition) is 7. The van der Waals surface area contributed by atoms with Gasteiger partial charge in [-0.15, -0.1) is 0 Å². The lowest BCUT2D eigenvalue weighted by molar-refractivity contribution is -0.124. The Labute approximate surface area is 213 Å². The van der Waals surface area contributed by atoms with Gasteiger partial charge in [0.2, 0.25) is 0 Å². The van der Waals surface area contributed by atoms with E-state index in [1.54, 1.807) is 0 Å². The monoisotopic (exact) mass is 527 g/mol. The maximum absolute atomic E-state index is 13.9. The minimum Gasteiger partial charge on any atom is -0.396 e. The fourth-order valence-electron chi connectivity index (χ4n) is 8.08. The van der Waals surface area contributed by atoms with Gasteiger partial charge in [0.1, 0.15) is 0 Å². The molecule has 2 fully saturated rings. The van der Waals surface area contributed by atoms with Crippen molar-refractivity contribution in [2.75, 3.05) is 29.6 Å². The molecule has 2 saturated carbocycles. The molecule has 5 aliphatic rings. The fourth-order valence-corrected chi connectivity index (χ4v) is 13.1. The highest BCUT2D eigenvalue weighted by Crippen LogP contribution is 2.76. The van der Waals surface area contributed by atoms with Gasteiger partial charge >= 0.3 is 0 Å². The summed E-state index contributed by atoms with van der Waals surface area (Å²) in [5.74, 6) is 6.33. The molecule has 5 N–H and O–H groups in total. The van der Waals surface area contributed by atoms with Gasteiger partial charge in [-0.3, -0.25) is 4.79 Å². The van der Waals surface area contributed by atoms with Crippen LogP contribution in [0.25, 0.3) is 0 Å². The van der Waals surface area contributed by atoms with Crippen LogP contribution < -0.4 is 11.5 Å². The number of hydrogen-bond donors (Lipinski definition) is 3. The Morgan fingerprint density at radius 3 is 2.70 bits per heavy atom. The molecular weight excluding hydrogens is 491 g/mol. The molecular formula is C24H37N3O2S4. The number of ketones is 1. The number of nitrogens with two attached hydrogens (primary N) is 2. The summed E-state index contributed by atoms with van der Waals surface area (Å²) in [7, 11) is 7.76. The second-order valence-corrected chi connectivity index (χ2v) is 16.1. The van der Waals surface area contributed by atoms with E-state index in [9.17, 15) is 9.90 Å². The Balaban J connectivity index is 1.62. The first kappa shape index (κ1) is 24.7. The van der Waals surface area contributed by atoms with Crippen molar-refractivity contribution in [3.8, 4) is 0 Å². The molecule has 0 aromatic carbocycles. The lowest BCUT2D eigenvalue weighted by Gasteiger charge is -2.57. The van der Waals surface area contributed by atoms with Gasteiger partial charge in [0, 0.05) is 41.5 Å². The first-order valence-corrected chi connectivity index (χ1v) is 17.3. The summed E-state index contributed by atoms with van der Waals surface area (Å²) in [5, 5.41) is 10.4. The predicted molar refractivity (Wildman–Crippen MR) is 145 cm³/mol. The van der Waals surface area contributed by atoms with Crippen molar-refractivity contribution in [2.45, 2.75) is 57.9 Å². The number of guanidine groups is 1. The van der Waals surface area contributed by atoms with Crippen LogP contribution in [0.15, 0.2) is 16.1 Å². The SMILES string of the molecule is CC12CCSSCC(N=C(N)N)CCC3CSSCCC4C(CO)CC1CC1=C3C(=O)CC142. The molecule has 0 aromatic heterocycles. The molecule has 9 heteroatoms. The molecule has 2 aliphatic heterocycles. The summed E-state index contributed by atoms with van der Waals surface area (Å²) in [4.78, 5) is 18.4. The van der Waals surface area contributed by atoms with Crippen molar-refractivity contribution in [1.82, 2.24) is 0 Å². The van der Waals surface area contributed by atoms with E-state index in [0.29, 0.717) is 30.0 Å². The molecule has 184 valence electrons. The second-order valence-electron chi connectivity index (χ2n) is 10.8. The highest BCUT2D eigenvalue weighted by atomic mass is 33.1. The van der Waals surface area contributed by atoms with E-state index < -0.39 is 0 Å². The van der Waals surface area contributed by atoms with Crippen molar-refractivity contribution in [2.24, 2.45) is 51.0 Å². The average molecular weight is 528 g/mol. The van der Waals surface area contributed by atoms with E-state index in [4.69, 9.17) is 11.5 Å². The summed E-state index contributed by atoms with van der Waals surface area (Å²) in [6, 6.07) is 0.107. The van der Waals surface area contributed by atoms with Gasteiger partial charge < -0.3 is 16.6 Å². The zero-order valence-electron chi connectivity index (χ0n) is 19.5. The van der Waals surface area contributed by atoms with Crippen LogP contribution in [-0.4, -0.2) is 52.5 Å². The average Bonchev–Trinajstić information content (AvgIpc) is 3.11. The number of nitrogens with zero attached hydrogens (tertiary/aromatic N) is 1. The van der Waals surface area contributed by atoms with Crippen LogP contribution in [-0.2, 0) is 4.79 Å². The number of aliphatic hydroxyl groups is 1. The zero-order chi connectivity index (χ0) is 23.2. The standard InChI is InChI=1S/C24H37N3O2S4/c1-23-5-7-31-33-13-17(27-22(25)26)3-2-14-12-32-30-6-4-18-15(11-28)8-16(23)9-19-21(14)20(29)10-24(18,19)23/h14-18,28H,2-13H2,1H3,(H4,25,26,27). The fraction of sp³-hybridized carbons (Fsp3) is 0.833. The van der Waals surface area contributed by atoms with Crippen LogP contribution in [0, 0.1) is 34.5 Å². The molecule has 0 aromatic rings. The number of allylic oxidation sites excluding steroid dienone is 2. The third-order valence-electron chi connectivity index (χ3n) is 9.50. The molecule has 5 rings (SSSR count). The van der Waals surface area contributed by atoms with Gasteiger partial charge in [-0.2, -0.15) is 0 Å². The third kappa shape index (κ3) is 4.09. The lowest BCUT2D eigenvalue weighted by Crippen LogP contribution is -2.52. The van der Waals surface area contributed by atoms with E-state index in [1.165, 1.54) is 11.1 Å². The van der Waals surface area contributed by atoms with E-state index in [1.807, 2.05) is 43.2 Å². The summed E-state index contributed by atoms with van der Waals surface area (Å²) in [6.07, 6.45) is 7.04. The molecule has 6 bridgehead atoms. The Bertz CT molecular complexity index is 848. The molecule has 33 heavy (non-hydrogen) atoms. The molecule has 2 heterocycles. The minimum absolute atomic E-state index is 0.0327. The van der Waals surface area contributed by atoms with Crippen LogP contribution in [0.5, 0.6) is 0 Å². The van der Waals surface area contributed by atoms with Crippen molar-refractivity contribution >= 4 is 54.9 Å². The molecule has 7 unspecified atom stereocenters. The molecule has 0 amide bonds. The van der Waals surface area contributed by atoms with Crippen molar-refractivity contribution < 1.29 is 9.90 Å². The first-order valence-electron chi connectivity index (χ1n) is 12.4. The molecule has 3 aliphatic carbocycles. The Hall–Kier alpha value is 0.0400. The van der Waals surface area contributed by atoms with Crippen LogP contribution in [0.4, 0.5) is 0 Å². The highest BCUT2D eigenvalue weighted by molar-refractivity contribution is 8.77. The number of Topliss-reactive ketones (excluding diaryl/α,β-unsaturated/α-hetero) is 1. The largest absolute Gasteiger partial charge is 0.396 e. The Morgan fingerprint density at radius 2 is 1.91 bits per heavy atom. The van der Waals surface area contributed by atoms with Gasteiger partial charge in [-0.1, -0.05) is 55.7 Å². The van der Waals surface area contributed by atoms with Crippen LogP contribution >= 0.6 is 43.2 Å². The van der Waals surface area contributed by atoms with Crippen LogP contribution in [0.2, 0.25) is 0 Å². The number of rotatable bonds is 2. The molecule has 0 radical (unpaired) electrons. The van der Waals surface area contributed by atoms with E-state index >= 15 is 0 Å².